The molecule has 5 heteroatoms. The van der Waals surface area contributed by atoms with Gasteiger partial charge in [0.2, 0.25) is 0 Å². The van der Waals surface area contributed by atoms with Gasteiger partial charge in [0.15, 0.2) is 0 Å². The molecule has 3 rings (SSSR count). The molecule has 2 aliphatic heterocycles. The molecule has 2 unspecified atom stereocenters. The fraction of sp³-hybridized carbons (Fsp3) is 0.462. The summed E-state index contributed by atoms with van der Waals surface area (Å²) in [5, 5.41) is 9.12. The first-order chi connectivity index (χ1) is 8.72. The molecular weight excluding hydrogens is 236 g/mol. The lowest BCUT2D eigenvalue weighted by Gasteiger charge is -2.09. The fourth-order valence-electron chi connectivity index (χ4n) is 1.82. The standard InChI is InChI=1S/C13H14O5/c14-13(15)12-2-1-9(16-6-11-7-18-11)3-8(12)4-10-5-17-10/h1-3,10-11H,4-7H2,(H,14,15). The molecule has 18 heavy (non-hydrogen) atoms. The molecule has 0 amide bonds. The van der Waals surface area contributed by atoms with Gasteiger partial charge in [0.1, 0.15) is 18.5 Å². The maximum atomic E-state index is 11.1. The molecule has 0 aromatic heterocycles. The summed E-state index contributed by atoms with van der Waals surface area (Å²) in [6.45, 7) is 1.97. The Morgan fingerprint density at radius 1 is 1.33 bits per heavy atom. The minimum absolute atomic E-state index is 0.158. The molecule has 1 N–H and O–H groups in total. The molecule has 5 nitrogen and oxygen atoms in total. The van der Waals surface area contributed by atoms with E-state index in [1.807, 2.05) is 0 Å². The number of carbonyl (C=O) groups is 1. The number of benzene rings is 1. The summed E-state index contributed by atoms with van der Waals surface area (Å²) in [5.41, 5.74) is 1.08. The number of aromatic carboxylic acids is 1. The van der Waals surface area contributed by atoms with Gasteiger partial charge in [-0.1, -0.05) is 0 Å². The Morgan fingerprint density at radius 3 is 2.67 bits per heavy atom. The van der Waals surface area contributed by atoms with Gasteiger partial charge in [0.05, 0.1) is 24.9 Å². The first-order valence-electron chi connectivity index (χ1n) is 5.94. The molecule has 2 heterocycles. The van der Waals surface area contributed by atoms with Crippen LogP contribution >= 0.6 is 0 Å². The van der Waals surface area contributed by atoms with Gasteiger partial charge in [-0.15, -0.1) is 0 Å². The van der Waals surface area contributed by atoms with Crippen LogP contribution in [0.1, 0.15) is 15.9 Å². The highest BCUT2D eigenvalue weighted by Crippen LogP contribution is 2.24. The summed E-state index contributed by atoms with van der Waals surface area (Å²) in [7, 11) is 0. The molecule has 96 valence electrons. The van der Waals surface area contributed by atoms with Gasteiger partial charge in [0.25, 0.3) is 0 Å². The lowest BCUT2D eigenvalue weighted by molar-refractivity contribution is 0.0695. The summed E-state index contributed by atoms with van der Waals surface area (Å²) in [4.78, 5) is 11.1. The molecule has 0 radical (unpaired) electrons. The van der Waals surface area contributed by atoms with Crippen molar-refractivity contribution in [3.05, 3.63) is 29.3 Å². The Morgan fingerprint density at radius 2 is 2.06 bits per heavy atom. The molecule has 0 bridgehead atoms. The van der Waals surface area contributed by atoms with Gasteiger partial charge in [0, 0.05) is 6.42 Å². The van der Waals surface area contributed by atoms with E-state index in [9.17, 15) is 4.79 Å². The van der Waals surface area contributed by atoms with E-state index < -0.39 is 5.97 Å². The topological polar surface area (TPSA) is 71.6 Å². The molecule has 2 aliphatic rings. The van der Waals surface area contributed by atoms with Crippen molar-refractivity contribution >= 4 is 5.97 Å². The summed E-state index contributed by atoms with van der Waals surface area (Å²) in [6, 6.07) is 5.06. The highest BCUT2D eigenvalue weighted by Gasteiger charge is 2.26. The third-order valence-corrected chi connectivity index (χ3v) is 3.00. The van der Waals surface area contributed by atoms with Crippen LogP contribution in [0.2, 0.25) is 0 Å². The summed E-state index contributed by atoms with van der Waals surface area (Å²) < 4.78 is 15.7. The van der Waals surface area contributed by atoms with Crippen LogP contribution in [0.4, 0.5) is 0 Å². The lowest BCUT2D eigenvalue weighted by atomic mass is 10.0. The van der Waals surface area contributed by atoms with Crippen molar-refractivity contribution in [1.82, 2.24) is 0 Å². The van der Waals surface area contributed by atoms with Gasteiger partial charge in [-0.3, -0.25) is 0 Å². The normalized spacial score (nSPS) is 24.7. The van der Waals surface area contributed by atoms with Gasteiger partial charge < -0.3 is 19.3 Å². The van der Waals surface area contributed by atoms with Gasteiger partial charge >= 0.3 is 5.97 Å². The molecule has 2 atom stereocenters. The van der Waals surface area contributed by atoms with Crippen LogP contribution in [-0.4, -0.2) is 43.1 Å². The zero-order valence-corrected chi connectivity index (χ0v) is 9.80. The van der Waals surface area contributed by atoms with Crippen LogP contribution in [0, 0.1) is 0 Å². The van der Waals surface area contributed by atoms with Crippen molar-refractivity contribution in [3.63, 3.8) is 0 Å². The fourth-order valence-corrected chi connectivity index (χ4v) is 1.82. The summed E-state index contributed by atoms with van der Waals surface area (Å²) in [5.74, 6) is -0.228. The number of hydrogen-bond donors (Lipinski definition) is 1. The zero-order chi connectivity index (χ0) is 12.5. The quantitative estimate of drug-likeness (QED) is 0.765. The van der Waals surface area contributed by atoms with Crippen molar-refractivity contribution < 1.29 is 24.1 Å². The third-order valence-electron chi connectivity index (χ3n) is 3.00. The van der Waals surface area contributed by atoms with E-state index in [2.05, 4.69) is 0 Å². The molecule has 1 aromatic rings. The first-order valence-corrected chi connectivity index (χ1v) is 5.94. The molecule has 0 spiro atoms. The van der Waals surface area contributed by atoms with Crippen molar-refractivity contribution in [2.75, 3.05) is 19.8 Å². The Labute approximate surface area is 104 Å². The van der Waals surface area contributed by atoms with Crippen LogP contribution in [0.15, 0.2) is 18.2 Å². The largest absolute Gasteiger partial charge is 0.491 e. The van der Waals surface area contributed by atoms with Crippen LogP contribution in [0.3, 0.4) is 0 Å². The van der Waals surface area contributed by atoms with Crippen molar-refractivity contribution in [1.29, 1.82) is 0 Å². The van der Waals surface area contributed by atoms with E-state index in [4.69, 9.17) is 19.3 Å². The molecule has 2 fully saturated rings. The lowest BCUT2D eigenvalue weighted by Crippen LogP contribution is -2.08. The van der Waals surface area contributed by atoms with Crippen LogP contribution in [0.25, 0.3) is 0 Å². The molecule has 0 aliphatic carbocycles. The predicted octanol–water partition coefficient (Wildman–Crippen LogP) is 1.10. The number of hydrogen-bond acceptors (Lipinski definition) is 4. The number of rotatable bonds is 6. The smallest absolute Gasteiger partial charge is 0.335 e. The minimum Gasteiger partial charge on any atom is -0.491 e. The Hall–Kier alpha value is -1.59. The Bertz CT molecular complexity index is 462. The molecule has 1 aromatic carbocycles. The minimum atomic E-state index is -0.914. The maximum Gasteiger partial charge on any atom is 0.335 e. The van der Waals surface area contributed by atoms with E-state index in [0.29, 0.717) is 30.9 Å². The highest BCUT2D eigenvalue weighted by molar-refractivity contribution is 5.89. The van der Waals surface area contributed by atoms with Gasteiger partial charge in [-0.2, -0.15) is 0 Å². The Balaban J connectivity index is 1.75. The first kappa shape index (κ1) is 11.5. The van der Waals surface area contributed by atoms with E-state index >= 15 is 0 Å². The van der Waals surface area contributed by atoms with Crippen LogP contribution in [-0.2, 0) is 15.9 Å². The van der Waals surface area contributed by atoms with Crippen molar-refractivity contribution in [2.45, 2.75) is 18.6 Å². The van der Waals surface area contributed by atoms with Crippen molar-refractivity contribution in [3.8, 4) is 5.75 Å². The van der Waals surface area contributed by atoms with Crippen molar-refractivity contribution in [2.24, 2.45) is 0 Å². The Kier molecular flexibility index (Phi) is 2.93. The van der Waals surface area contributed by atoms with Crippen LogP contribution < -0.4 is 4.74 Å². The number of carboxylic acid groups (broad SMARTS) is 1. The average molecular weight is 250 g/mol. The maximum absolute atomic E-state index is 11.1. The van der Waals surface area contributed by atoms with E-state index in [1.165, 1.54) is 0 Å². The van der Waals surface area contributed by atoms with Crippen LogP contribution in [0.5, 0.6) is 5.75 Å². The highest BCUT2D eigenvalue weighted by atomic mass is 16.6. The van der Waals surface area contributed by atoms with E-state index in [0.717, 1.165) is 12.2 Å². The zero-order valence-electron chi connectivity index (χ0n) is 9.80. The molecule has 0 saturated carbocycles. The van der Waals surface area contributed by atoms with Gasteiger partial charge in [-0.25, -0.2) is 4.79 Å². The second-order valence-electron chi connectivity index (χ2n) is 4.55. The van der Waals surface area contributed by atoms with E-state index in [-0.39, 0.29) is 12.2 Å². The summed E-state index contributed by atoms with van der Waals surface area (Å²) >= 11 is 0. The van der Waals surface area contributed by atoms with E-state index in [1.54, 1.807) is 18.2 Å². The predicted molar refractivity (Wildman–Crippen MR) is 62.1 cm³/mol. The second-order valence-corrected chi connectivity index (χ2v) is 4.55. The number of ether oxygens (including phenoxy) is 3. The average Bonchev–Trinajstić information content (AvgIpc) is 3.21. The molecule has 2 saturated heterocycles. The summed E-state index contributed by atoms with van der Waals surface area (Å²) in [6.07, 6.45) is 0.975. The monoisotopic (exact) mass is 250 g/mol. The number of epoxide rings is 2. The number of carboxylic acids is 1. The van der Waals surface area contributed by atoms with Gasteiger partial charge in [-0.05, 0) is 23.8 Å². The second kappa shape index (κ2) is 4.59. The third kappa shape index (κ3) is 2.80. The SMILES string of the molecule is O=C(O)c1ccc(OCC2CO2)cc1CC1CO1. The molecular formula is C13H14O5.